The molecule has 33 heavy (non-hydrogen) atoms. The minimum Gasteiger partial charge on any atom is -0.485 e. The fourth-order valence-corrected chi connectivity index (χ4v) is 3.98. The van der Waals surface area contributed by atoms with Crippen LogP contribution in [0, 0.1) is 5.82 Å². The molecule has 1 amide bonds. The van der Waals surface area contributed by atoms with E-state index >= 15 is 0 Å². The number of methoxy groups -OCH3 is 1. The van der Waals surface area contributed by atoms with Gasteiger partial charge in [0.15, 0.2) is 23.1 Å². The largest absolute Gasteiger partial charge is 0.485 e. The van der Waals surface area contributed by atoms with E-state index in [0.29, 0.717) is 17.2 Å². The monoisotopic (exact) mass is 453 g/mol. The van der Waals surface area contributed by atoms with Crippen molar-refractivity contribution in [2.75, 3.05) is 20.4 Å². The number of likely N-dealkylation sites (tertiary alicyclic amines) is 1. The molecule has 3 aromatic rings. The maximum absolute atomic E-state index is 14.0. The maximum atomic E-state index is 14.0. The summed E-state index contributed by atoms with van der Waals surface area (Å²) < 4.78 is 35.3. The number of fused-ring (bicyclic) bond motifs is 1. The molecule has 0 spiro atoms. The van der Waals surface area contributed by atoms with Gasteiger partial charge in [0.25, 0.3) is 5.91 Å². The highest BCUT2D eigenvalue weighted by Crippen LogP contribution is 2.35. The van der Waals surface area contributed by atoms with Gasteiger partial charge in [0.2, 0.25) is 6.79 Å². The van der Waals surface area contributed by atoms with Crippen LogP contribution in [0.3, 0.4) is 0 Å². The number of ether oxygens (including phenoxy) is 4. The van der Waals surface area contributed by atoms with Crippen LogP contribution in [0.1, 0.15) is 16.9 Å². The number of carbonyl (C=O) groups is 2. The molecule has 9 nitrogen and oxygen atoms in total. The Morgan fingerprint density at radius 1 is 1.15 bits per heavy atom. The van der Waals surface area contributed by atoms with Crippen molar-refractivity contribution in [3.05, 3.63) is 60.0 Å². The number of carbonyl (C=O) groups excluding carboxylic acids is 2. The summed E-state index contributed by atoms with van der Waals surface area (Å²) >= 11 is 0. The van der Waals surface area contributed by atoms with E-state index in [1.54, 1.807) is 30.3 Å². The Bertz CT molecular complexity index is 1210. The number of aromatic amines is 1. The van der Waals surface area contributed by atoms with E-state index in [0.717, 1.165) is 5.56 Å². The van der Waals surface area contributed by atoms with Gasteiger partial charge in [-0.2, -0.15) is 5.10 Å². The number of nitrogens with one attached hydrogen (secondary N) is 1. The number of H-pyrrole nitrogens is 1. The Morgan fingerprint density at radius 3 is 2.79 bits per heavy atom. The summed E-state index contributed by atoms with van der Waals surface area (Å²) in [5.41, 5.74) is 1.47. The van der Waals surface area contributed by atoms with Crippen molar-refractivity contribution >= 4 is 11.9 Å². The summed E-state index contributed by atoms with van der Waals surface area (Å²) in [6.07, 6.45) is -0.401. The van der Waals surface area contributed by atoms with Gasteiger partial charge >= 0.3 is 5.97 Å². The molecule has 1 saturated heterocycles. The number of hydrogen-bond donors (Lipinski definition) is 1. The minimum absolute atomic E-state index is 0.0621. The number of esters is 1. The van der Waals surface area contributed by atoms with Crippen molar-refractivity contribution in [2.24, 2.45) is 0 Å². The number of benzene rings is 2. The van der Waals surface area contributed by atoms with Gasteiger partial charge in [-0.15, -0.1) is 0 Å². The van der Waals surface area contributed by atoms with Gasteiger partial charge in [0, 0.05) is 12.0 Å². The lowest BCUT2D eigenvalue weighted by atomic mass is 10.1. The van der Waals surface area contributed by atoms with E-state index in [-0.39, 0.29) is 31.2 Å². The van der Waals surface area contributed by atoms with Crippen molar-refractivity contribution in [2.45, 2.75) is 18.6 Å². The SMILES string of the molecule is COC(=O)C1CC(Oc2ccccc2F)CN1C(=O)c1cc(-c2ccc3c(c2)OCO3)n[nH]1. The van der Waals surface area contributed by atoms with Crippen molar-refractivity contribution < 1.29 is 32.9 Å². The van der Waals surface area contributed by atoms with Gasteiger partial charge in [-0.05, 0) is 36.4 Å². The van der Waals surface area contributed by atoms with Crippen LogP contribution in [0.2, 0.25) is 0 Å². The van der Waals surface area contributed by atoms with Gasteiger partial charge in [0.1, 0.15) is 17.8 Å². The van der Waals surface area contributed by atoms with E-state index in [9.17, 15) is 14.0 Å². The van der Waals surface area contributed by atoms with Crippen molar-refractivity contribution in [1.82, 2.24) is 15.1 Å². The molecule has 0 bridgehead atoms. The number of hydrogen-bond acceptors (Lipinski definition) is 7. The van der Waals surface area contributed by atoms with Gasteiger partial charge in [0.05, 0.1) is 19.3 Å². The molecule has 3 heterocycles. The van der Waals surface area contributed by atoms with Gasteiger partial charge in [-0.3, -0.25) is 9.89 Å². The van der Waals surface area contributed by atoms with Gasteiger partial charge < -0.3 is 23.8 Å². The first kappa shape index (κ1) is 20.8. The summed E-state index contributed by atoms with van der Waals surface area (Å²) in [5.74, 6) is -0.222. The molecule has 2 aliphatic heterocycles. The second-order valence-electron chi connectivity index (χ2n) is 7.64. The van der Waals surface area contributed by atoms with Crippen LogP contribution in [0.25, 0.3) is 11.3 Å². The van der Waals surface area contributed by atoms with Crippen LogP contribution in [-0.4, -0.2) is 59.6 Å². The third-order valence-electron chi connectivity index (χ3n) is 5.60. The number of para-hydroxylation sites is 1. The van der Waals surface area contributed by atoms with Crippen LogP contribution in [0.5, 0.6) is 17.2 Å². The zero-order chi connectivity index (χ0) is 22.9. The van der Waals surface area contributed by atoms with E-state index in [4.69, 9.17) is 18.9 Å². The molecule has 2 aromatic carbocycles. The Balaban J connectivity index is 1.36. The fourth-order valence-electron chi connectivity index (χ4n) is 3.98. The second-order valence-corrected chi connectivity index (χ2v) is 7.64. The van der Waals surface area contributed by atoms with Crippen LogP contribution in [0.15, 0.2) is 48.5 Å². The zero-order valence-corrected chi connectivity index (χ0v) is 17.6. The molecule has 2 atom stereocenters. The zero-order valence-electron chi connectivity index (χ0n) is 17.6. The Labute approximate surface area is 188 Å². The average Bonchev–Trinajstić information content (AvgIpc) is 3.58. The van der Waals surface area contributed by atoms with E-state index in [1.807, 2.05) is 6.07 Å². The standard InChI is InChI=1S/C23H20FN3O6/c1-30-23(29)18-9-14(33-19-5-3-2-4-15(19)24)11-27(18)22(28)17-10-16(25-26-17)13-6-7-20-21(8-13)32-12-31-20/h2-8,10,14,18H,9,11-12H2,1H3,(H,25,26). The lowest BCUT2D eigenvalue weighted by Gasteiger charge is -2.21. The maximum Gasteiger partial charge on any atom is 0.328 e. The first-order valence-corrected chi connectivity index (χ1v) is 10.3. The molecule has 0 aliphatic carbocycles. The highest BCUT2D eigenvalue weighted by Gasteiger charge is 2.42. The second kappa shape index (κ2) is 8.45. The number of rotatable bonds is 5. The average molecular weight is 453 g/mol. The summed E-state index contributed by atoms with van der Waals surface area (Å²) in [5, 5.41) is 6.96. The van der Waals surface area contributed by atoms with E-state index < -0.39 is 29.8 Å². The molecule has 0 radical (unpaired) electrons. The van der Waals surface area contributed by atoms with Gasteiger partial charge in [-0.25, -0.2) is 9.18 Å². The highest BCUT2D eigenvalue weighted by atomic mass is 19.1. The number of aromatic nitrogens is 2. The Morgan fingerprint density at radius 2 is 1.97 bits per heavy atom. The third-order valence-corrected chi connectivity index (χ3v) is 5.60. The summed E-state index contributed by atoms with van der Waals surface area (Å²) in [4.78, 5) is 27.0. The molecule has 1 aromatic heterocycles. The molecule has 1 fully saturated rings. The smallest absolute Gasteiger partial charge is 0.328 e. The van der Waals surface area contributed by atoms with E-state index in [2.05, 4.69) is 10.2 Å². The molecule has 2 aliphatic rings. The molecule has 0 saturated carbocycles. The molecular weight excluding hydrogens is 433 g/mol. The topological polar surface area (TPSA) is 103 Å². The van der Waals surface area contributed by atoms with Crippen molar-refractivity contribution in [3.63, 3.8) is 0 Å². The third kappa shape index (κ3) is 3.95. The summed E-state index contributed by atoms with van der Waals surface area (Å²) in [6.45, 7) is 0.244. The first-order chi connectivity index (χ1) is 16.0. The van der Waals surface area contributed by atoms with Crippen molar-refractivity contribution in [1.29, 1.82) is 0 Å². The molecule has 1 N–H and O–H groups in total. The van der Waals surface area contributed by atoms with Crippen LogP contribution in [0.4, 0.5) is 4.39 Å². The molecule has 10 heteroatoms. The Hall–Kier alpha value is -4.08. The number of nitrogens with zero attached hydrogens (tertiary/aromatic N) is 2. The summed E-state index contributed by atoms with van der Waals surface area (Å²) in [7, 11) is 1.25. The fraction of sp³-hybridized carbons (Fsp3) is 0.261. The van der Waals surface area contributed by atoms with Crippen LogP contribution in [-0.2, 0) is 9.53 Å². The normalized spacial score (nSPS) is 18.9. The van der Waals surface area contributed by atoms with E-state index in [1.165, 1.54) is 24.1 Å². The predicted octanol–water partition coefficient (Wildman–Crippen LogP) is 2.78. The first-order valence-electron chi connectivity index (χ1n) is 10.3. The van der Waals surface area contributed by atoms with Crippen molar-refractivity contribution in [3.8, 4) is 28.5 Å². The minimum atomic E-state index is -0.864. The molecule has 2 unspecified atom stereocenters. The number of amides is 1. The summed E-state index contributed by atoms with van der Waals surface area (Å²) in [6, 6.07) is 12.1. The lowest BCUT2D eigenvalue weighted by molar-refractivity contribution is -0.145. The molecule has 170 valence electrons. The quantitative estimate of drug-likeness (QED) is 0.593. The Kier molecular flexibility index (Phi) is 5.33. The molecular formula is C23H20FN3O6. The van der Waals surface area contributed by atoms with Crippen LogP contribution < -0.4 is 14.2 Å². The predicted molar refractivity (Wildman–Crippen MR) is 112 cm³/mol. The molecule has 5 rings (SSSR count). The van der Waals surface area contributed by atoms with Gasteiger partial charge in [-0.1, -0.05) is 12.1 Å². The lowest BCUT2D eigenvalue weighted by Crippen LogP contribution is -2.41. The van der Waals surface area contributed by atoms with Crippen LogP contribution >= 0.6 is 0 Å². The number of halogens is 1. The highest BCUT2D eigenvalue weighted by molar-refractivity contribution is 5.96.